The summed E-state index contributed by atoms with van der Waals surface area (Å²) in [5.41, 5.74) is 3.24. The Morgan fingerprint density at radius 3 is 2.43 bits per heavy atom. The molecule has 0 aromatic heterocycles. The van der Waals surface area contributed by atoms with Gasteiger partial charge in [-0.25, -0.2) is 4.39 Å². The Hall–Kier alpha value is -1.37. The Morgan fingerprint density at radius 2 is 1.86 bits per heavy atom. The third kappa shape index (κ3) is 3.17. The average Bonchev–Trinajstić information content (AvgIpc) is 2.14. The normalized spacial score (nSPS) is 11.3. The van der Waals surface area contributed by atoms with E-state index in [4.69, 9.17) is 0 Å². The Balaban J connectivity index is 2.95. The molecule has 0 fully saturated rings. The van der Waals surface area contributed by atoms with E-state index in [-0.39, 0.29) is 5.82 Å². The van der Waals surface area contributed by atoms with Gasteiger partial charge in [0.15, 0.2) is 0 Å². The highest BCUT2D eigenvalue weighted by molar-refractivity contribution is 5.65. The van der Waals surface area contributed by atoms with Gasteiger partial charge in [0.1, 0.15) is 5.82 Å². The summed E-state index contributed by atoms with van der Waals surface area (Å²) < 4.78 is 12.9. The van der Waals surface area contributed by atoms with E-state index >= 15 is 0 Å². The molecule has 0 saturated heterocycles. The Kier molecular flexibility index (Phi) is 3.63. The SMILES string of the molecule is CC(C)=C/C=C(\C)c1cccc(F)c1. The van der Waals surface area contributed by atoms with Crippen LogP contribution in [0.25, 0.3) is 5.57 Å². The minimum Gasteiger partial charge on any atom is -0.207 e. The molecule has 14 heavy (non-hydrogen) atoms. The second kappa shape index (κ2) is 4.75. The molecule has 74 valence electrons. The summed E-state index contributed by atoms with van der Waals surface area (Å²) in [6.07, 6.45) is 4.03. The van der Waals surface area contributed by atoms with Gasteiger partial charge in [-0.1, -0.05) is 29.9 Å². The fraction of sp³-hybridized carbons (Fsp3) is 0.231. The number of hydrogen-bond acceptors (Lipinski definition) is 0. The fourth-order valence-electron chi connectivity index (χ4n) is 1.12. The van der Waals surface area contributed by atoms with E-state index in [1.165, 1.54) is 11.6 Å². The third-order valence-electron chi connectivity index (χ3n) is 1.95. The van der Waals surface area contributed by atoms with Gasteiger partial charge in [-0.05, 0) is 44.0 Å². The summed E-state index contributed by atoms with van der Waals surface area (Å²) >= 11 is 0. The van der Waals surface area contributed by atoms with E-state index in [0.717, 1.165) is 11.1 Å². The van der Waals surface area contributed by atoms with Crippen molar-refractivity contribution in [2.75, 3.05) is 0 Å². The molecule has 1 rings (SSSR count). The number of allylic oxidation sites excluding steroid dienone is 4. The van der Waals surface area contributed by atoms with Gasteiger partial charge in [-0.2, -0.15) is 0 Å². The number of benzene rings is 1. The monoisotopic (exact) mass is 190 g/mol. The van der Waals surface area contributed by atoms with Gasteiger partial charge in [0.05, 0.1) is 0 Å². The molecule has 0 aliphatic carbocycles. The number of hydrogen-bond donors (Lipinski definition) is 0. The molecule has 0 aliphatic rings. The van der Waals surface area contributed by atoms with Crippen LogP contribution in [0.2, 0.25) is 0 Å². The third-order valence-corrected chi connectivity index (χ3v) is 1.95. The van der Waals surface area contributed by atoms with Crippen LogP contribution in [0.15, 0.2) is 42.0 Å². The van der Waals surface area contributed by atoms with Gasteiger partial charge in [0.25, 0.3) is 0 Å². The largest absolute Gasteiger partial charge is 0.207 e. The molecule has 0 nitrogen and oxygen atoms in total. The zero-order chi connectivity index (χ0) is 10.6. The second-order valence-corrected chi connectivity index (χ2v) is 3.60. The molecule has 0 atom stereocenters. The molecule has 0 aliphatic heterocycles. The van der Waals surface area contributed by atoms with Crippen LogP contribution in [0.3, 0.4) is 0 Å². The van der Waals surface area contributed by atoms with Crippen molar-refractivity contribution in [3.05, 3.63) is 53.4 Å². The van der Waals surface area contributed by atoms with Crippen LogP contribution in [0.4, 0.5) is 4.39 Å². The van der Waals surface area contributed by atoms with Crippen LogP contribution < -0.4 is 0 Å². The highest BCUT2D eigenvalue weighted by atomic mass is 19.1. The Labute approximate surface area is 84.8 Å². The fourth-order valence-corrected chi connectivity index (χ4v) is 1.12. The maximum Gasteiger partial charge on any atom is 0.123 e. The molecule has 0 bridgehead atoms. The van der Waals surface area contributed by atoms with Crippen LogP contribution in [0.5, 0.6) is 0 Å². The van der Waals surface area contributed by atoms with Crippen LogP contribution in [-0.4, -0.2) is 0 Å². The van der Waals surface area contributed by atoms with Crippen molar-refractivity contribution in [1.82, 2.24) is 0 Å². The van der Waals surface area contributed by atoms with E-state index in [9.17, 15) is 4.39 Å². The van der Waals surface area contributed by atoms with E-state index < -0.39 is 0 Å². The predicted octanol–water partition coefficient (Wildman–Crippen LogP) is 4.20. The quantitative estimate of drug-likeness (QED) is 0.613. The Morgan fingerprint density at radius 1 is 1.14 bits per heavy atom. The smallest absolute Gasteiger partial charge is 0.123 e. The van der Waals surface area contributed by atoms with Crippen molar-refractivity contribution in [2.24, 2.45) is 0 Å². The zero-order valence-electron chi connectivity index (χ0n) is 8.84. The number of halogens is 1. The first-order valence-electron chi connectivity index (χ1n) is 4.67. The average molecular weight is 190 g/mol. The standard InChI is InChI=1S/C13H15F/c1-10(2)7-8-11(3)12-5-4-6-13(14)9-12/h4-9H,1-3H3/b11-8+. The summed E-state index contributed by atoms with van der Waals surface area (Å²) in [6.45, 7) is 6.05. The van der Waals surface area contributed by atoms with Gasteiger partial charge < -0.3 is 0 Å². The van der Waals surface area contributed by atoms with E-state index in [1.54, 1.807) is 12.1 Å². The minimum atomic E-state index is -0.188. The van der Waals surface area contributed by atoms with Crippen LogP contribution in [0.1, 0.15) is 26.3 Å². The van der Waals surface area contributed by atoms with Crippen molar-refractivity contribution < 1.29 is 4.39 Å². The first-order valence-corrected chi connectivity index (χ1v) is 4.67. The summed E-state index contributed by atoms with van der Waals surface area (Å²) in [5.74, 6) is -0.188. The van der Waals surface area contributed by atoms with Crippen LogP contribution in [0, 0.1) is 5.82 Å². The lowest BCUT2D eigenvalue weighted by molar-refractivity contribution is 0.627. The summed E-state index contributed by atoms with van der Waals surface area (Å²) in [5, 5.41) is 0. The van der Waals surface area contributed by atoms with E-state index in [1.807, 2.05) is 39.0 Å². The molecule has 0 radical (unpaired) electrons. The molecule has 0 spiro atoms. The first-order chi connectivity index (χ1) is 6.59. The lowest BCUT2D eigenvalue weighted by Crippen LogP contribution is -1.80. The topological polar surface area (TPSA) is 0 Å². The molecule has 1 heteroatoms. The molecular formula is C13H15F. The lowest BCUT2D eigenvalue weighted by atomic mass is 10.1. The van der Waals surface area contributed by atoms with E-state index in [0.29, 0.717) is 0 Å². The molecular weight excluding hydrogens is 175 g/mol. The van der Waals surface area contributed by atoms with Crippen molar-refractivity contribution in [1.29, 1.82) is 0 Å². The van der Waals surface area contributed by atoms with Crippen molar-refractivity contribution in [3.8, 4) is 0 Å². The van der Waals surface area contributed by atoms with Gasteiger partial charge >= 0.3 is 0 Å². The van der Waals surface area contributed by atoms with Gasteiger partial charge in [-0.3, -0.25) is 0 Å². The van der Waals surface area contributed by atoms with Crippen LogP contribution in [-0.2, 0) is 0 Å². The second-order valence-electron chi connectivity index (χ2n) is 3.60. The molecule has 0 unspecified atom stereocenters. The zero-order valence-corrected chi connectivity index (χ0v) is 8.84. The van der Waals surface area contributed by atoms with Crippen molar-refractivity contribution in [3.63, 3.8) is 0 Å². The van der Waals surface area contributed by atoms with Crippen molar-refractivity contribution in [2.45, 2.75) is 20.8 Å². The molecule has 1 aromatic carbocycles. The highest BCUT2D eigenvalue weighted by Gasteiger charge is 1.95. The maximum absolute atomic E-state index is 12.9. The molecule has 0 heterocycles. The predicted molar refractivity (Wildman–Crippen MR) is 59.5 cm³/mol. The summed E-state index contributed by atoms with van der Waals surface area (Å²) in [7, 11) is 0. The lowest BCUT2D eigenvalue weighted by Gasteiger charge is -2.00. The van der Waals surface area contributed by atoms with E-state index in [2.05, 4.69) is 0 Å². The first kappa shape index (κ1) is 10.7. The molecule has 0 N–H and O–H groups in total. The Bertz CT molecular complexity index is 369. The summed E-state index contributed by atoms with van der Waals surface area (Å²) in [4.78, 5) is 0. The van der Waals surface area contributed by atoms with Crippen molar-refractivity contribution >= 4 is 5.57 Å². The summed E-state index contributed by atoms with van der Waals surface area (Å²) in [6, 6.07) is 6.64. The minimum absolute atomic E-state index is 0.188. The van der Waals surface area contributed by atoms with Gasteiger partial charge in [-0.15, -0.1) is 0 Å². The van der Waals surface area contributed by atoms with Gasteiger partial charge in [0, 0.05) is 0 Å². The molecule has 0 amide bonds. The maximum atomic E-state index is 12.9. The van der Waals surface area contributed by atoms with Crippen LogP contribution >= 0.6 is 0 Å². The van der Waals surface area contributed by atoms with Gasteiger partial charge in [0.2, 0.25) is 0 Å². The molecule has 0 saturated carbocycles. The number of rotatable bonds is 2. The molecule has 1 aromatic rings. The highest BCUT2D eigenvalue weighted by Crippen LogP contribution is 2.14.